The SMILES string of the molecule is CCCOc1ccc(/C=C/C(=O)Nc2ncccc2OC)cc1. The third kappa shape index (κ3) is 5.14. The van der Waals surface area contributed by atoms with Crippen molar-refractivity contribution in [1.82, 2.24) is 4.98 Å². The zero-order chi connectivity index (χ0) is 16.5. The minimum Gasteiger partial charge on any atom is -0.494 e. The molecule has 2 rings (SSSR count). The number of benzene rings is 1. The van der Waals surface area contributed by atoms with E-state index in [0.29, 0.717) is 18.2 Å². The van der Waals surface area contributed by atoms with Crippen molar-refractivity contribution >= 4 is 17.8 Å². The summed E-state index contributed by atoms with van der Waals surface area (Å²) in [4.78, 5) is 16.0. The van der Waals surface area contributed by atoms with Crippen LogP contribution in [0.5, 0.6) is 11.5 Å². The molecule has 0 aliphatic carbocycles. The van der Waals surface area contributed by atoms with Gasteiger partial charge in [0.2, 0.25) is 5.91 Å². The summed E-state index contributed by atoms with van der Waals surface area (Å²) < 4.78 is 10.7. The molecular weight excluding hydrogens is 292 g/mol. The standard InChI is InChI=1S/C18H20N2O3/c1-3-13-23-15-9-6-14(7-10-15)8-11-17(21)20-18-16(22-2)5-4-12-19-18/h4-12H,3,13H2,1-2H3,(H,19,20,21)/b11-8+. The van der Waals surface area contributed by atoms with Crippen molar-refractivity contribution in [3.8, 4) is 11.5 Å². The average molecular weight is 312 g/mol. The van der Waals surface area contributed by atoms with Crippen LogP contribution in [-0.2, 0) is 4.79 Å². The lowest BCUT2D eigenvalue weighted by molar-refractivity contribution is -0.111. The molecule has 0 saturated heterocycles. The zero-order valence-electron chi connectivity index (χ0n) is 13.3. The molecule has 1 N–H and O–H groups in total. The van der Waals surface area contributed by atoms with Crippen LogP contribution in [0.4, 0.5) is 5.82 Å². The number of hydrogen-bond acceptors (Lipinski definition) is 4. The van der Waals surface area contributed by atoms with Gasteiger partial charge in [-0.1, -0.05) is 19.1 Å². The summed E-state index contributed by atoms with van der Waals surface area (Å²) in [5.41, 5.74) is 0.914. The van der Waals surface area contributed by atoms with Gasteiger partial charge >= 0.3 is 0 Å². The molecule has 5 nitrogen and oxygen atoms in total. The van der Waals surface area contributed by atoms with Gasteiger partial charge in [0.25, 0.3) is 0 Å². The second-order valence-corrected chi connectivity index (χ2v) is 4.79. The second-order valence-electron chi connectivity index (χ2n) is 4.79. The van der Waals surface area contributed by atoms with Gasteiger partial charge in [-0.25, -0.2) is 4.98 Å². The second kappa shape index (κ2) is 8.58. The molecular formula is C18H20N2O3. The monoisotopic (exact) mass is 312 g/mol. The van der Waals surface area contributed by atoms with Crippen LogP contribution in [-0.4, -0.2) is 24.6 Å². The van der Waals surface area contributed by atoms with Crippen molar-refractivity contribution in [3.63, 3.8) is 0 Å². The van der Waals surface area contributed by atoms with E-state index in [4.69, 9.17) is 9.47 Å². The first-order valence-electron chi connectivity index (χ1n) is 7.44. The lowest BCUT2D eigenvalue weighted by atomic mass is 10.2. The quantitative estimate of drug-likeness (QED) is 0.795. The molecule has 0 fully saturated rings. The Morgan fingerprint density at radius 2 is 2.04 bits per heavy atom. The molecule has 0 unspecified atom stereocenters. The molecule has 1 aromatic carbocycles. The van der Waals surface area contributed by atoms with E-state index in [9.17, 15) is 4.79 Å². The summed E-state index contributed by atoms with van der Waals surface area (Å²) in [6.07, 6.45) is 5.75. The number of methoxy groups -OCH3 is 1. The van der Waals surface area contributed by atoms with Gasteiger partial charge in [-0.3, -0.25) is 4.79 Å². The highest BCUT2D eigenvalue weighted by atomic mass is 16.5. The molecule has 0 bridgehead atoms. The van der Waals surface area contributed by atoms with E-state index in [1.165, 1.54) is 13.2 Å². The van der Waals surface area contributed by atoms with Crippen LogP contribution >= 0.6 is 0 Å². The highest BCUT2D eigenvalue weighted by Crippen LogP contribution is 2.20. The van der Waals surface area contributed by atoms with Gasteiger partial charge < -0.3 is 14.8 Å². The number of ether oxygens (including phenoxy) is 2. The summed E-state index contributed by atoms with van der Waals surface area (Å²) in [6, 6.07) is 11.0. The van der Waals surface area contributed by atoms with Crippen molar-refractivity contribution in [2.24, 2.45) is 0 Å². The summed E-state index contributed by atoms with van der Waals surface area (Å²) >= 11 is 0. The molecule has 0 atom stereocenters. The lowest BCUT2D eigenvalue weighted by Gasteiger charge is -2.06. The molecule has 0 spiro atoms. The van der Waals surface area contributed by atoms with E-state index in [0.717, 1.165) is 17.7 Å². The Balaban J connectivity index is 1.95. The number of pyridine rings is 1. The number of carbonyl (C=O) groups excluding carboxylic acids is 1. The summed E-state index contributed by atoms with van der Waals surface area (Å²) in [6.45, 7) is 2.76. The first-order chi connectivity index (χ1) is 11.2. The largest absolute Gasteiger partial charge is 0.494 e. The van der Waals surface area contributed by atoms with E-state index in [-0.39, 0.29) is 5.91 Å². The Hall–Kier alpha value is -2.82. The molecule has 0 radical (unpaired) electrons. The third-order valence-corrected chi connectivity index (χ3v) is 3.01. The zero-order valence-corrected chi connectivity index (χ0v) is 13.3. The van der Waals surface area contributed by atoms with Crippen LogP contribution in [0.15, 0.2) is 48.7 Å². The Kier molecular flexibility index (Phi) is 6.17. The minimum absolute atomic E-state index is 0.270. The highest BCUT2D eigenvalue weighted by Gasteiger charge is 2.05. The van der Waals surface area contributed by atoms with Crippen LogP contribution in [0.3, 0.4) is 0 Å². The van der Waals surface area contributed by atoms with Gasteiger partial charge in [0.1, 0.15) is 5.75 Å². The van der Waals surface area contributed by atoms with E-state index in [2.05, 4.69) is 17.2 Å². The number of nitrogens with one attached hydrogen (secondary N) is 1. The van der Waals surface area contributed by atoms with Crippen molar-refractivity contribution in [1.29, 1.82) is 0 Å². The molecule has 5 heteroatoms. The van der Waals surface area contributed by atoms with Gasteiger partial charge in [-0.15, -0.1) is 0 Å². The van der Waals surface area contributed by atoms with Gasteiger partial charge in [0.15, 0.2) is 11.6 Å². The smallest absolute Gasteiger partial charge is 0.249 e. The van der Waals surface area contributed by atoms with Crippen LogP contribution in [0.2, 0.25) is 0 Å². The van der Waals surface area contributed by atoms with Crippen LogP contribution in [0.1, 0.15) is 18.9 Å². The molecule has 23 heavy (non-hydrogen) atoms. The molecule has 0 aliphatic heterocycles. The number of carbonyl (C=O) groups is 1. The topological polar surface area (TPSA) is 60.5 Å². The maximum atomic E-state index is 11.9. The maximum absolute atomic E-state index is 11.9. The molecule has 1 heterocycles. The molecule has 1 amide bonds. The predicted molar refractivity (Wildman–Crippen MR) is 90.7 cm³/mol. The van der Waals surface area contributed by atoms with Crippen molar-refractivity contribution < 1.29 is 14.3 Å². The number of hydrogen-bond donors (Lipinski definition) is 1. The van der Waals surface area contributed by atoms with Crippen molar-refractivity contribution in [3.05, 3.63) is 54.2 Å². The van der Waals surface area contributed by atoms with Crippen LogP contribution in [0, 0.1) is 0 Å². The summed E-state index contributed by atoms with van der Waals surface area (Å²) in [5.74, 6) is 1.47. The fourth-order valence-electron chi connectivity index (χ4n) is 1.87. The van der Waals surface area contributed by atoms with Gasteiger partial charge in [-0.05, 0) is 42.3 Å². The normalized spacial score (nSPS) is 10.5. The highest BCUT2D eigenvalue weighted by molar-refractivity contribution is 6.02. The molecule has 2 aromatic rings. The summed E-state index contributed by atoms with van der Waals surface area (Å²) in [5, 5.41) is 2.68. The number of anilines is 1. The van der Waals surface area contributed by atoms with Crippen LogP contribution in [0.25, 0.3) is 6.08 Å². The lowest BCUT2D eigenvalue weighted by Crippen LogP contribution is -2.10. The van der Waals surface area contributed by atoms with Crippen LogP contribution < -0.4 is 14.8 Å². The number of rotatable bonds is 7. The fraction of sp³-hybridized carbons (Fsp3) is 0.222. The van der Waals surface area contributed by atoms with Gasteiger partial charge in [0.05, 0.1) is 13.7 Å². The first kappa shape index (κ1) is 16.5. The Morgan fingerprint density at radius 3 is 2.74 bits per heavy atom. The fourth-order valence-corrected chi connectivity index (χ4v) is 1.87. The Morgan fingerprint density at radius 1 is 1.26 bits per heavy atom. The number of nitrogens with zero attached hydrogens (tertiary/aromatic N) is 1. The molecule has 0 saturated carbocycles. The minimum atomic E-state index is -0.270. The van der Waals surface area contributed by atoms with E-state index < -0.39 is 0 Å². The molecule has 120 valence electrons. The van der Waals surface area contributed by atoms with Gasteiger partial charge in [-0.2, -0.15) is 0 Å². The van der Waals surface area contributed by atoms with E-state index >= 15 is 0 Å². The van der Waals surface area contributed by atoms with E-state index in [1.54, 1.807) is 24.4 Å². The molecule has 0 aliphatic rings. The average Bonchev–Trinajstić information content (AvgIpc) is 2.59. The van der Waals surface area contributed by atoms with Crippen molar-refractivity contribution in [2.45, 2.75) is 13.3 Å². The Bertz CT molecular complexity index is 666. The number of aromatic nitrogens is 1. The number of amides is 1. The summed E-state index contributed by atoms with van der Waals surface area (Å²) in [7, 11) is 1.53. The Labute approximate surface area is 136 Å². The molecule has 1 aromatic heterocycles. The predicted octanol–water partition coefficient (Wildman–Crippen LogP) is 3.53. The third-order valence-electron chi connectivity index (χ3n) is 3.01. The maximum Gasteiger partial charge on any atom is 0.249 e. The van der Waals surface area contributed by atoms with Crippen molar-refractivity contribution in [2.75, 3.05) is 19.0 Å². The van der Waals surface area contributed by atoms with Gasteiger partial charge in [0, 0.05) is 12.3 Å². The van der Waals surface area contributed by atoms with E-state index in [1.807, 2.05) is 24.3 Å². The first-order valence-corrected chi connectivity index (χ1v) is 7.44.